The molecule has 1 N–H and O–H groups in total. The second kappa shape index (κ2) is 6.23. The first kappa shape index (κ1) is 12.6. The van der Waals surface area contributed by atoms with E-state index in [0.29, 0.717) is 12.2 Å². The predicted octanol–water partition coefficient (Wildman–Crippen LogP) is 2.87. The molecule has 0 saturated carbocycles. The van der Waals surface area contributed by atoms with Crippen LogP contribution in [0.4, 0.5) is 0 Å². The van der Waals surface area contributed by atoms with Crippen molar-refractivity contribution < 1.29 is 14.6 Å². The van der Waals surface area contributed by atoms with Crippen molar-refractivity contribution in [1.82, 2.24) is 0 Å². The van der Waals surface area contributed by atoms with Crippen LogP contribution in [0.3, 0.4) is 0 Å². The van der Waals surface area contributed by atoms with Gasteiger partial charge in [-0.15, -0.1) is 11.8 Å². The number of aliphatic hydroxyl groups excluding tert-OH is 1. The molecule has 0 fully saturated rings. The number of rotatable bonds is 4. The predicted molar refractivity (Wildman–Crippen MR) is 65.5 cm³/mol. The largest absolute Gasteiger partial charge is 0.515 e. The van der Waals surface area contributed by atoms with Crippen molar-refractivity contribution in [1.29, 1.82) is 0 Å². The summed E-state index contributed by atoms with van der Waals surface area (Å²) in [6, 6.07) is 7.35. The molecular formula is C12H14O3S. The topological polar surface area (TPSA) is 46.5 Å². The molecule has 3 nitrogen and oxygen atoms in total. The van der Waals surface area contributed by atoms with Gasteiger partial charge in [-0.05, 0) is 30.9 Å². The summed E-state index contributed by atoms with van der Waals surface area (Å²) in [4.78, 5) is 12.6. The zero-order valence-electron chi connectivity index (χ0n) is 9.27. The summed E-state index contributed by atoms with van der Waals surface area (Å²) in [5.74, 6) is -0.512. The highest BCUT2D eigenvalue weighted by Crippen LogP contribution is 2.20. The van der Waals surface area contributed by atoms with E-state index >= 15 is 0 Å². The first-order valence-electron chi connectivity index (χ1n) is 4.88. The second-order valence-corrected chi connectivity index (χ2v) is 3.87. The molecule has 1 rings (SSSR count). The van der Waals surface area contributed by atoms with Crippen molar-refractivity contribution in [3.05, 3.63) is 36.1 Å². The molecule has 0 atom stereocenters. The Morgan fingerprint density at radius 3 is 2.50 bits per heavy atom. The number of hydrogen-bond donors (Lipinski definition) is 1. The normalized spacial score (nSPS) is 11.2. The van der Waals surface area contributed by atoms with Crippen LogP contribution in [0.5, 0.6) is 0 Å². The zero-order chi connectivity index (χ0) is 12.0. The number of thioether (sulfide) groups is 1. The van der Waals surface area contributed by atoms with E-state index in [1.165, 1.54) is 0 Å². The number of ether oxygens (including phenoxy) is 1. The van der Waals surface area contributed by atoms with Gasteiger partial charge >= 0.3 is 5.97 Å². The first-order chi connectivity index (χ1) is 7.72. The van der Waals surface area contributed by atoms with Gasteiger partial charge in [0.15, 0.2) is 0 Å². The Labute approximate surface area is 99.1 Å². The summed E-state index contributed by atoms with van der Waals surface area (Å²) in [6.07, 6.45) is 2.76. The molecule has 1 aromatic rings. The van der Waals surface area contributed by atoms with Gasteiger partial charge in [-0.1, -0.05) is 12.1 Å². The molecule has 0 radical (unpaired) electrons. The van der Waals surface area contributed by atoms with Crippen LogP contribution in [-0.2, 0) is 9.53 Å². The molecule has 0 heterocycles. The minimum atomic E-state index is -0.512. The van der Waals surface area contributed by atoms with Gasteiger partial charge in [-0.3, -0.25) is 0 Å². The standard InChI is InChI=1S/C12H14O3S/c1-3-15-12(14)11(8-13)9-4-6-10(16-2)7-5-9/h4-8,13H,3H2,1-2H3. The quantitative estimate of drug-likeness (QED) is 0.379. The van der Waals surface area contributed by atoms with Crippen molar-refractivity contribution >= 4 is 23.3 Å². The van der Waals surface area contributed by atoms with Gasteiger partial charge in [-0.2, -0.15) is 0 Å². The molecule has 0 aliphatic rings. The Morgan fingerprint density at radius 1 is 1.44 bits per heavy atom. The molecule has 0 aromatic heterocycles. The lowest BCUT2D eigenvalue weighted by Crippen LogP contribution is -2.06. The van der Waals surface area contributed by atoms with E-state index in [1.807, 2.05) is 18.4 Å². The summed E-state index contributed by atoms with van der Waals surface area (Å²) in [6.45, 7) is 2.02. The lowest BCUT2D eigenvalue weighted by molar-refractivity contribution is -0.136. The van der Waals surface area contributed by atoms with Gasteiger partial charge in [0.1, 0.15) is 5.57 Å². The number of benzene rings is 1. The van der Waals surface area contributed by atoms with Crippen molar-refractivity contribution in [2.45, 2.75) is 11.8 Å². The van der Waals surface area contributed by atoms with E-state index in [-0.39, 0.29) is 5.57 Å². The van der Waals surface area contributed by atoms with Crippen LogP contribution in [0, 0.1) is 0 Å². The highest BCUT2D eigenvalue weighted by molar-refractivity contribution is 7.98. The number of esters is 1. The fourth-order valence-electron chi connectivity index (χ4n) is 1.22. The molecule has 0 spiro atoms. The maximum atomic E-state index is 11.5. The Bertz CT molecular complexity index is 382. The summed E-state index contributed by atoms with van der Waals surface area (Å²) in [5, 5.41) is 9.03. The smallest absolute Gasteiger partial charge is 0.341 e. The average Bonchev–Trinajstić information content (AvgIpc) is 2.31. The van der Waals surface area contributed by atoms with E-state index in [1.54, 1.807) is 30.8 Å². The maximum Gasteiger partial charge on any atom is 0.341 e. The Kier molecular flexibility index (Phi) is 4.92. The molecule has 0 unspecified atom stereocenters. The monoisotopic (exact) mass is 238 g/mol. The van der Waals surface area contributed by atoms with Crippen molar-refractivity contribution in [3.8, 4) is 0 Å². The Morgan fingerprint density at radius 2 is 2.06 bits per heavy atom. The first-order valence-corrected chi connectivity index (χ1v) is 6.11. The van der Waals surface area contributed by atoms with Crippen molar-refractivity contribution in [2.75, 3.05) is 12.9 Å². The van der Waals surface area contributed by atoms with Crippen molar-refractivity contribution in [2.24, 2.45) is 0 Å². The molecule has 0 aliphatic carbocycles. The van der Waals surface area contributed by atoms with Crippen LogP contribution < -0.4 is 0 Å². The highest BCUT2D eigenvalue weighted by Gasteiger charge is 2.12. The van der Waals surface area contributed by atoms with E-state index in [2.05, 4.69) is 0 Å². The molecule has 86 valence electrons. The SMILES string of the molecule is CCOC(=O)C(=CO)c1ccc(SC)cc1. The van der Waals surface area contributed by atoms with Crippen LogP contribution in [0.15, 0.2) is 35.4 Å². The van der Waals surface area contributed by atoms with E-state index in [4.69, 9.17) is 9.84 Å². The Hall–Kier alpha value is -1.42. The molecule has 16 heavy (non-hydrogen) atoms. The fourth-order valence-corrected chi connectivity index (χ4v) is 1.63. The van der Waals surface area contributed by atoms with Gasteiger partial charge in [0.25, 0.3) is 0 Å². The molecule has 0 amide bonds. The summed E-state index contributed by atoms with van der Waals surface area (Å²) >= 11 is 1.62. The third-order valence-corrected chi connectivity index (χ3v) is 2.77. The van der Waals surface area contributed by atoms with Crippen LogP contribution >= 0.6 is 11.8 Å². The molecule has 0 saturated heterocycles. The van der Waals surface area contributed by atoms with E-state index < -0.39 is 5.97 Å². The Balaban J connectivity index is 2.92. The lowest BCUT2D eigenvalue weighted by Gasteiger charge is -2.06. The molecule has 0 bridgehead atoms. The summed E-state index contributed by atoms with van der Waals surface area (Å²) in [5.41, 5.74) is 0.827. The number of hydrogen-bond acceptors (Lipinski definition) is 4. The van der Waals surface area contributed by atoms with Crippen LogP contribution in [0.1, 0.15) is 12.5 Å². The van der Waals surface area contributed by atoms with Gasteiger partial charge in [-0.25, -0.2) is 4.79 Å². The molecule has 1 aromatic carbocycles. The number of aliphatic hydroxyl groups is 1. The molecule has 0 aliphatic heterocycles. The lowest BCUT2D eigenvalue weighted by atomic mass is 10.1. The van der Waals surface area contributed by atoms with Crippen molar-refractivity contribution in [3.63, 3.8) is 0 Å². The van der Waals surface area contributed by atoms with E-state index in [9.17, 15) is 4.79 Å². The molecule has 4 heteroatoms. The highest BCUT2D eigenvalue weighted by atomic mass is 32.2. The van der Waals surface area contributed by atoms with Crippen LogP contribution in [0.2, 0.25) is 0 Å². The summed E-state index contributed by atoms with van der Waals surface area (Å²) < 4.78 is 4.83. The number of carbonyl (C=O) groups excluding carboxylic acids is 1. The van der Waals surface area contributed by atoms with Crippen LogP contribution in [-0.4, -0.2) is 23.9 Å². The van der Waals surface area contributed by atoms with Crippen LogP contribution in [0.25, 0.3) is 5.57 Å². The van der Waals surface area contributed by atoms with Gasteiger partial charge in [0.2, 0.25) is 0 Å². The van der Waals surface area contributed by atoms with E-state index in [0.717, 1.165) is 11.2 Å². The minimum Gasteiger partial charge on any atom is -0.515 e. The summed E-state index contributed by atoms with van der Waals surface area (Å²) in [7, 11) is 0. The average molecular weight is 238 g/mol. The zero-order valence-corrected chi connectivity index (χ0v) is 10.1. The minimum absolute atomic E-state index is 0.175. The third kappa shape index (κ3) is 3.03. The van der Waals surface area contributed by atoms with Gasteiger partial charge in [0.05, 0.1) is 12.9 Å². The second-order valence-electron chi connectivity index (χ2n) is 2.99. The van der Waals surface area contributed by atoms with Gasteiger partial charge < -0.3 is 9.84 Å². The number of carbonyl (C=O) groups is 1. The third-order valence-electron chi connectivity index (χ3n) is 2.03. The maximum absolute atomic E-state index is 11.5. The molecular weight excluding hydrogens is 224 g/mol. The van der Waals surface area contributed by atoms with Gasteiger partial charge in [0, 0.05) is 4.90 Å². The fraction of sp³-hybridized carbons (Fsp3) is 0.250.